The van der Waals surface area contributed by atoms with Gasteiger partial charge < -0.3 is 9.64 Å². The van der Waals surface area contributed by atoms with Crippen molar-refractivity contribution in [2.24, 2.45) is 5.92 Å². The molecule has 0 aromatic heterocycles. The highest BCUT2D eigenvalue weighted by Gasteiger charge is 2.44. The number of methoxy groups -OCH3 is 1. The first kappa shape index (κ1) is 24.0. The van der Waals surface area contributed by atoms with Gasteiger partial charge in [-0.15, -0.1) is 0 Å². The maximum absolute atomic E-state index is 13.7. The summed E-state index contributed by atoms with van der Waals surface area (Å²) in [6.07, 6.45) is 4.73. The van der Waals surface area contributed by atoms with Gasteiger partial charge in [-0.25, -0.2) is 0 Å². The topological polar surface area (TPSA) is 29.5 Å². The van der Waals surface area contributed by atoms with Crippen LogP contribution in [0.1, 0.15) is 38.9 Å². The first-order valence-electron chi connectivity index (χ1n) is 13.2. The zero-order valence-corrected chi connectivity index (χ0v) is 21.5. The van der Waals surface area contributed by atoms with E-state index in [0.717, 1.165) is 16.9 Å². The highest BCUT2D eigenvalue weighted by Crippen LogP contribution is 2.53. The third-order valence-electron chi connectivity index (χ3n) is 7.86. The smallest absolute Gasteiger partial charge is 0.254 e. The number of fused-ring (bicyclic) bond motifs is 1. The molecule has 1 fully saturated rings. The van der Waals surface area contributed by atoms with Crippen molar-refractivity contribution in [1.82, 2.24) is 4.90 Å². The maximum Gasteiger partial charge on any atom is 0.254 e. The molecule has 6 rings (SSSR count). The molecule has 38 heavy (non-hydrogen) atoms. The van der Waals surface area contributed by atoms with E-state index < -0.39 is 0 Å². The van der Waals surface area contributed by atoms with Gasteiger partial charge >= 0.3 is 0 Å². The van der Waals surface area contributed by atoms with Crippen molar-refractivity contribution in [3.8, 4) is 5.75 Å². The van der Waals surface area contributed by atoms with E-state index in [0.29, 0.717) is 13.1 Å². The van der Waals surface area contributed by atoms with Gasteiger partial charge in [-0.05, 0) is 58.2 Å². The molecule has 0 saturated carbocycles. The van der Waals surface area contributed by atoms with Crippen molar-refractivity contribution in [1.29, 1.82) is 0 Å². The van der Waals surface area contributed by atoms with E-state index in [-0.39, 0.29) is 23.7 Å². The first-order chi connectivity index (χ1) is 18.7. The summed E-state index contributed by atoms with van der Waals surface area (Å²) in [5.74, 6) is 1.57. The summed E-state index contributed by atoms with van der Waals surface area (Å²) in [6.45, 7) is 1.29. The molecule has 1 amide bonds. The van der Waals surface area contributed by atoms with E-state index in [4.69, 9.17) is 4.74 Å². The first-order valence-corrected chi connectivity index (χ1v) is 13.2. The number of rotatable bonds is 5. The molecule has 3 heteroatoms. The number of allylic oxidation sites excluding steroid dienone is 1. The normalized spacial score (nSPS) is 21.6. The van der Waals surface area contributed by atoms with Crippen molar-refractivity contribution in [3.63, 3.8) is 0 Å². The summed E-state index contributed by atoms with van der Waals surface area (Å²) in [6, 6.07) is 39.3. The van der Waals surface area contributed by atoms with Crippen LogP contribution in [-0.4, -0.2) is 31.0 Å². The van der Waals surface area contributed by atoms with Crippen molar-refractivity contribution in [3.05, 3.63) is 155 Å². The lowest BCUT2D eigenvalue weighted by molar-refractivity contribution is 0.0732. The maximum atomic E-state index is 13.7. The molecule has 4 aromatic carbocycles. The Balaban J connectivity index is 1.46. The van der Waals surface area contributed by atoms with Gasteiger partial charge in [0.25, 0.3) is 5.91 Å². The lowest BCUT2D eigenvalue weighted by Gasteiger charge is -2.38. The van der Waals surface area contributed by atoms with Crippen LogP contribution in [0.2, 0.25) is 0 Å². The number of carbonyl (C=O) groups is 1. The number of hydrogen-bond donors (Lipinski definition) is 0. The lowest BCUT2D eigenvalue weighted by Crippen LogP contribution is -2.43. The molecule has 0 spiro atoms. The molecule has 0 N–H and O–H groups in total. The quantitative estimate of drug-likeness (QED) is 0.288. The minimum absolute atomic E-state index is 0.0864. The van der Waals surface area contributed by atoms with Gasteiger partial charge in [0.15, 0.2) is 0 Å². The fraction of sp³-hybridized carbons (Fsp3) is 0.171. The molecule has 1 aliphatic carbocycles. The van der Waals surface area contributed by atoms with Gasteiger partial charge in [0.2, 0.25) is 0 Å². The van der Waals surface area contributed by atoms with E-state index in [9.17, 15) is 4.79 Å². The van der Waals surface area contributed by atoms with Gasteiger partial charge in [-0.1, -0.05) is 97.1 Å². The van der Waals surface area contributed by atoms with Crippen molar-refractivity contribution < 1.29 is 9.53 Å². The second-order valence-electron chi connectivity index (χ2n) is 10.1. The van der Waals surface area contributed by atoms with Gasteiger partial charge in [-0.2, -0.15) is 0 Å². The SMILES string of the molecule is COc1ccc([C@H]2C=C3/C(=C/c4ccccc4)CN(C(=O)c4ccccc4)CC3[C@@H]2c2ccccc2)cc1. The van der Waals surface area contributed by atoms with Crippen LogP contribution >= 0.6 is 0 Å². The van der Waals surface area contributed by atoms with Crippen LogP contribution in [-0.2, 0) is 0 Å². The second-order valence-corrected chi connectivity index (χ2v) is 10.1. The Hall–Kier alpha value is -4.37. The van der Waals surface area contributed by atoms with Gasteiger partial charge in [0.05, 0.1) is 7.11 Å². The Labute approximate surface area is 224 Å². The van der Waals surface area contributed by atoms with Crippen LogP contribution in [0.3, 0.4) is 0 Å². The van der Waals surface area contributed by atoms with Gasteiger partial charge in [0.1, 0.15) is 5.75 Å². The van der Waals surface area contributed by atoms with Crippen LogP contribution in [0.25, 0.3) is 6.08 Å². The zero-order chi connectivity index (χ0) is 25.9. The van der Waals surface area contributed by atoms with Crippen molar-refractivity contribution in [2.45, 2.75) is 11.8 Å². The zero-order valence-electron chi connectivity index (χ0n) is 21.5. The number of ether oxygens (including phenoxy) is 1. The van der Waals surface area contributed by atoms with Crippen LogP contribution < -0.4 is 4.74 Å². The second kappa shape index (κ2) is 10.5. The predicted molar refractivity (Wildman–Crippen MR) is 153 cm³/mol. The van der Waals surface area contributed by atoms with Crippen molar-refractivity contribution >= 4 is 12.0 Å². The third kappa shape index (κ3) is 4.68. The molecular weight excluding hydrogens is 466 g/mol. The van der Waals surface area contributed by atoms with Gasteiger partial charge in [-0.3, -0.25) is 4.79 Å². The monoisotopic (exact) mass is 497 g/mol. The summed E-state index contributed by atoms with van der Waals surface area (Å²) < 4.78 is 5.44. The third-order valence-corrected chi connectivity index (χ3v) is 7.86. The standard InChI is InChI=1S/C35H31NO2/c1-38-30-19-17-26(18-20-30)32-22-31-29(21-25-11-5-2-6-12-25)23-36(35(37)28-15-9-4-10-16-28)24-33(31)34(32)27-13-7-3-8-14-27/h2-22,32-34H,23-24H2,1H3/b29-21+/t32-,33?,34-/m1/s1. The van der Waals surface area contributed by atoms with E-state index in [1.165, 1.54) is 22.3 Å². The van der Waals surface area contributed by atoms with E-state index in [1.807, 2.05) is 53.4 Å². The number of nitrogens with zero attached hydrogens (tertiary/aromatic N) is 1. The van der Waals surface area contributed by atoms with Crippen molar-refractivity contribution in [2.75, 3.05) is 20.2 Å². The molecule has 3 atom stereocenters. The van der Waals surface area contributed by atoms with E-state index in [2.05, 4.69) is 78.9 Å². The summed E-state index contributed by atoms with van der Waals surface area (Å²) in [5.41, 5.74) is 7.04. The predicted octanol–water partition coefficient (Wildman–Crippen LogP) is 7.36. The minimum Gasteiger partial charge on any atom is -0.497 e. The van der Waals surface area contributed by atoms with Gasteiger partial charge in [0, 0.05) is 36.4 Å². The molecule has 1 unspecified atom stereocenters. The number of hydrogen-bond acceptors (Lipinski definition) is 2. The Morgan fingerprint density at radius 3 is 2.08 bits per heavy atom. The van der Waals surface area contributed by atoms with Crippen LogP contribution in [0.5, 0.6) is 5.75 Å². The molecule has 1 aliphatic heterocycles. The molecular formula is C35H31NO2. The Bertz CT molecular complexity index is 1460. The molecule has 0 bridgehead atoms. The summed E-state index contributed by atoms with van der Waals surface area (Å²) in [7, 11) is 1.70. The number of carbonyl (C=O) groups excluding carboxylic acids is 1. The fourth-order valence-electron chi connectivity index (χ4n) is 6.06. The average Bonchev–Trinajstić information content (AvgIpc) is 3.38. The number of amides is 1. The van der Waals surface area contributed by atoms with E-state index >= 15 is 0 Å². The average molecular weight is 498 g/mol. The molecule has 3 nitrogen and oxygen atoms in total. The Morgan fingerprint density at radius 2 is 1.42 bits per heavy atom. The summed E-state index contributed by atoms with van der Waals surface area (Å²) in [4.78, 5) is 15.8. The largest absolute Gasteiger partial charge is 0.497 e. The summed E-state index contributed by atoms with van der Waals surface area (Å²) in [5, 5.41) is 0. The summed E-state index contributed by atoms with van der Waals surface area (Å²) >= 11 is 0. The number of likely N-dealkylation sites (tertiary alicyclic amines) is 1. The lowest BCUT2D eigenvalue weighted by atomic mass is 9.75. The van der Waals surface area contributed by atoms with E-state index in [1.54, 1.807) is 7.11 Å². The minimum atomic E-state index is 0.0864. The molecule has 188 valence electrons. The van der Waals surface area contributed by atoms with Crippen LogP contribution in [0, 0.1) is 5.92 Å². The molecule has 4 aromatic rings. The molecule has 2 aliphatic rings. The molecule has 1 heterocycles. The van der Waals surface area contributed by atoms with Crippen LogP contribution in [0.4, 0.5) is 0 Å². The Kier molecular flexibility index (Phi) is 6.66. The highest BCUT2D eigenvalue weighted by atomic mass is 16.5. The number of benzene rings is 4. The fourth-order valence-corrected chi connectivity index (χ4v) is 6.06. The Morgan fingerprint density at radius 1 is 0.789 bits per heavy atom. The number of piperidine rings is 1. The van der Waals surface area contributed by atoms with Crippen LogP contribution in [0.15, 0.2) is 132 Å². The highest BCUT2D eigenvalue weighted by molar-refractivity contribution is 5.94. The molecule has 1 saturated heterocycles. The molecule has 0 radical (unpaired) electrons.